The molecule has 0 saturated carbocycles. The molecule has 1 aliphatic heterocycles. The summed E-state index contributed by atoms with van der Waals surface area (Å²) in [6.07, 6.45) is 4.50. The lowest BCUT2D eigenvalue weighted by molar-refractivity contribution is -0.0327. The number of aromatic nitrogens is 1. The minimum absolute atomic E-state index is 0.0341. The molecule has 4 nitrogen and oxygen atoms in total. The highest BCUT2D eigenvalue weighted by Gasteiger charge is 2.31. The third kappa shape index (κ3) is 3.27. The molecule has 1 fully saturated rings. The van der Waals surface area contributed by atoms with Crippen LogP contribution in [0.15, 0.2) is 18.3 Å². The fraction of sp³-hybridized carbons (Fsp3) is 0.538. The van der Waals surface area contributed by atoms with Crippen molar-refractivity contribution in [2.45, 2.75) is 38.4 Å². The summed E-state index contributed by atoms with van der Waals surface area (Å²) in [6.45, 7) is 4.71. The van der Waals surface area contributed by atoms with Gasteiger partial charge in [0.25, 0.3) is 0 Å². The van der Waals surface area contributed by atoms with E-state index in [9.17, 15) is 4.79 Å². The van der Waals surface area contributed by atoms with Gasteiger partial charge in [0.15, 0.2) is 6.29 Å². The molecule has 1 aliphatic rings. The highest BCUT2D eigenvalue weighted by molar-refractivity contribution is 5.71. The second kappa shape index (κ2) is 4.84. The summed E-state index contributed by atoms with van der Waals surface area (Å²) in [5, 5.41) is 0. The van der Waals surface area contributed by atoms with Gasteiger partial charge in [-0.1, -0.05) is 0 Å². The van der Waals surface area contributed by atoms with Crippen LogP contribution in [0.2, 0.25) is 0 Å². The Hall–Kier alpha value is -1.42. The zero-order chi connectivity index (χ0) is 12.3. The molecule has 1 saturated heterocycles. The molecule has 1 unspecified atom stereocenters. The summed E-state index contributed by atoms with van der Waals surface area (Å²) in [5.41, 5.74) is 0.379. The molecule has 17 heavy (non-hydrogen) atoms. The minimum Gasteiger partial charge on any atom is -0.489 e. The van der Waals surface area contributed by atoms with E-state index in [-0.39, 0.29) is 11.7 Å². The molecule has 0 aromatic carbocycles. The molecule has 0 bridgehead atoms. The van der Waals surface area contributed by atoms with Gasteiger partial charge in [0.2, 0.25) is 0 Å². The predicted molar refractivity (Wildman–Crippen MR) is 63.3 cm³/mol. The van der Waals surface area contributed by atoms with Crippen molar-refractivity contribution >= 4 is 6.29 Å². The summed E-state index contributed by atoms with van der Waals surface area (Å²) in [5.74, 6) is 0.670. The number of pyridine rings is 1. The standard InChI is InChI=1S/C13H17NO3/c1-13(2)6-5-12(17-13)9-16-11-4-3-10(8-15)14-7-11/h3-4,7-8,12H,5-6,9H2,1-2H3. The Kier molecular flexibility index (Phi) is 3.43. The summed E-state index contributed by atoms with van der Waals surface area (Å²) >= 11 is 0. The first-order chi connectivity index (χ1) is 8.09. The van der Waals surface area contributed by atoms with Crippen LogP contribution in [0.25, 0.3) is 0 Å². The Morgan fingerprint density at radius 1 is 1.59 bits per heavy atom. The molecular formula is C13H17NO3. The second-order valence-electron chi connectivity index (χ2n) is 4.89. The molecule has 4 heteroatoms. The van der Waals surface area contributed by atoms with E-state index in [1.807, 2.05) is 0 Å². The Bertz CT molecular complexity index is 386. The van der Waals surface area contributed by atoms with E-state index in [2.05, 4.69) is 18.8 Å². The van der Waals surface area contributed by atoms with Crippen LogP contribution >= 0.6 is 0 Å². The lowest BCUT2D eigenvalue weighted by Crippen LogP contribution is -2.23. The minimum atomic E-state index is -0.0341. The monoisotopic (exact) mass is 235 g/mol. The molecular weight excluding hydrogens is 218 g/mol. The molecule has 0 spiro atoms. The van der Waals surface area contributed by atoms with Gasteiger partial charge >= 0.3 is 0 Å². The normalized spacial score (nSPS) is 22.4. The molecule has 0 N–H and O–H groups in total. The van der Waals surface area contributed by atoms with Gasteiger partial charge < -0.3 is 9.47 Å². The van der Waals surface area contributed by atoms with Crippen molar-refractivity contribution in [2.24, 2.45) is 0 Å². The van der Waals surface area contributed by atoms with Crippen LogP contribution in [0.3, 0.4) is 0 Å². The zero-order valence-corrected chi connectivity index (χ0v) is 10.2. The van der Waals surface area contributed by atoms with E-state index in [1.165, 1.54) is 0 Å². The van der Waals surface area contributed by atoms with E-state index < -0.39 is 0 Å². The quantitative estimate of drug-likeness (QED) is 0.751. The number of ether oxygens (including phenoxy) is 2. The first-order valence-electron chi connectivity index (χ1n) is 5.81. The van der Waals surface area contributed by atoms with Gasteiger partial charge in [0.05, 0.1) is 17.9 Å². The molecule has 2 rings (SSSR count). The molecule has 0 aliphatic carbocycles. The topological polar surface area (TPSA) is 48.4 Å². The Morgan fingerprint density at radius 3 is 2.94 bits per heavy atom. The number of hydrogen-bond donors (Lipinski definition) is 0. The summed E-state index contributed by atoms with van der Waals surface area (Å²) in [7, 11) is 0. The Morgan fingerprint density at radius 2 is 2.41 bits per heavy atom. The Balaban J connectivity index is 1.84. The first-order valence-corrected chi connectivity index (χ1v) is 5.81. The van der Waals surface area contributed by atoms with Crippen molar-refractivity contribution in [3.8, 4) is 5.75 Å². The number of rotatable bonds is 4. The average Bonchev–Trinajstić information content (AvgIpc) is 2.67. The van der Waals surface area contributed by atoms with Crippen molar-refractivity contribution in [3.63, 3.8) is 0 Å². The van der Waals surface area contributed by atoms with E-state index in [4.69, 9.17) is 9.47 Å². The number of nitrogens with zero attached hydrogens (tertiary/aromatic N) is 1. The highest BCUT2D eigenvalue weighted by atomic mass is 16.6. The van der Waals surface area contributed by atoms with E-state index in [0.717, 1.165) is 12.8 Å². The Labute approximate surface area is 101 Å². The number of hydrogen-bond acceptors (Lipinski definition) is 4. The van der Waals surface area contributed by atoms with Gasteiger partial charge in [-0.3, -0.25) is 4.79 Å². The van der Waals surface area contributed by atoms with Gasteiger partial charge in [0, 0.05) is 0 Å². The summed E-state index contributed by atoms with van der Waals surface area (Å²) in [6, 6.07) is 3.39. The van der Waals surface area contributed by atoms with Gasteiger partial charge in [0.1, 0.15) is 18.1 Å². The molecule has 0 radical (unpaired) electrons. The SMILES string of the molecule is CC1(C)CCC(COc2ccc(C=O)nc2)O1. The molecule has 0 amide bonds. The third-order valence-corrected chi connectivity index (χ3v) is 2.87. The smallest absolute Gasteiger partial charge is 0.168 e. The fourth-order valence-corrected chi connectivity index (χ4v) is 1.93. The van der Waals surface area contributed by atoms with Crippen molar-refractivity contribution in [1.29, 1.82) is 0 Å². The molecule has 1 aromatic rings. The zero-order valence-electron chi connectivity index (χ0n) is 10.2. The third-order valence-electron chi connectivity index (χ3n) is 2.87. The number of aldehydes is 1. The lowest BCUT2D eigenvalue weighted by Gasteiger charge is -2.19. The number of carbonyl (C=O) groups excluding carboxylic acids is 1. The average molecular weight is 235 g/mol. The second-order valence-corrected chi connectivity index (χ2v) is 4.89. The molecule has 92 valence electrons. The van der Waals surface area contributed by atoms with Gasteiger partial charge in [-0.25, -0.2) is 4.98 Å². The first kappa shape index (κ1) is 12.0. The largest absolute Gasteiger partial charge is 0.489 e. The van der Waals surface area contributed by atoms with Crippen LogP contribution < -0.4 is 4.74 Å². The fourth-order valence-electron chi connectivity index (χ4n) is 1.93. The van der Waals surface area contributed by atoms with Gasteiger partial charge in [-0.15, -0.1) is 0 Å². The maximum Gasteiger partial charge on any atom is 0.168 e. The van der Waals surface area contributed by atoms with Crippen LogP contribution in [0.4, 0.5) is 0 Å². The molecule has 2 heterocycles. The maximum absolute atomic E-state index is 10.4. The van der Waals surface area contributed by atoms with Crippen LogP contribution in [0.1, 0.15) is 37.2 Å². The van der Waals surface area contributed by atoms with Crippen LogP contribution in [-0.4, -0.2) is 29.6 Å². The number of carbonyl (C=O) groups is 1. The summed E-state index contributed by atoms with van der Waals surface area (Å²) < 4.78 is 11.4. The van der Waals surface area contributed by atoms with Crippen molar-refractivity contribution < 1.29 is 14.3 Å². The van der Waals surface area contributed by atoms with E-state index in [0.29, 0.717) is 24.3 Å². The van der Waals surface area contributed by atoms with E-state index >= 15 is 0 Å². The molecule has 1 aromatic heterocycles. The van der Waals surface area contributed by atoms with Gasteiger partial charge in [-0.05, 0) is 38.8 Å². The van der Waals surface area contributed by atoms with Gasteiger partial charge in [-0.2, -0.15) is 0 Å². The maximum atomic E-state index is 10.4. The molecule has 1 atom stereocenters. The van der Waals surface area contributed by atoms with Crippen LogP contribution in [-0.2, 0) is 4.74 Å². The van der Waals surface area contributed by atoms with Crippen LogP contribution in [0.5, 0.6) is 5.75 Å². The van der Waals surface area contributed by atoms with Crippen molar-refractivity contribution in [3.05, 3.63) is 24.0 Å². The van der Waals surface area contributed by atoms with Crippen molar-refractivity contribution in [2.75, 3.05) is 6.61 Å². The predicted octanol–water partition coefficient (Wildman–Crippen LogP) is 2.23. The lowest BCUT2D eigenvalue weighted by atomic mass is 10.1. The summed E-state index contributed by atoms with van der Waals surface area (Å²) in [4.78, 5) is 14.4. The van der Waals surface area contributed by atoms with E-state index in [1.54, 1.807) is 18.3 Å². The highest BCUT2D eigenvalue weighted by Crippen LogP contribution is 2.29. The van der Waals surface area contributed by atoms with Crippen LogP contribution in [0, 0.1) is 0 Å². The van der Waals surface area contributed by atoms with Crippen molar-refractivity contribution in [1.82, 2.24) is 4.98 Å².